The first-order valence-electron chi connectivity index (χ1n) is 8.14. The predicted octanol–water partition coefficient (Wildman–Crippen LogP) is 2.19. The van der Waals surface area contributed by atoms with Gasteiger partial charge in [0.05, 0.1) is 30.2 Å². The van der Waals surface area contributed by atoms with E-state index in [9.17, 15) is 10.1 Å². The van der Waals surface area contributed by atoms with Gasteiger partial charge in [-0.3, -0.25) is 20.2 Å². The number of hydrogen-bond acceptors (Lipinski definition) is 9. The fraction of sp³-hybridized carbons (Fsp3) is 0.118. The Kier molecular flexibility index (Phi) is 5.52. The van der Waals surface area contributed by atoms with Crippen molar-refractivity contribution in [2.75, 3.05) is 11.2 Å². The maximum atomic E-state index is 11.1. The molecule has 0 radical (unpaired) electrons. The lowest BCUT2D eigenvalue weighted by Crippen LogP contribution is -2.04. The zero-order chi connectivity index (χ0) is 19.9. The van der Waals surface area contributed by atoms with Gasteiger partial charge in [-0.05, 0) is 0 Å². The number of nitrogens with two attached hydrogens (primary N) is 1. The summed E-state index contributed by atoms with van der Waals surface area (Å²) in [5.41, 5.74) is 9.81. The summed E-state index contributed by atoms with van der Waals surface area (Å²) in [6.45, 7) is 0.436. The highest BCUT2D eigenvalue weighted by atomic mass is 16.6. The molecule has 0 spiro atoms. The number of nitro groups is 1. The molecule has 1 aromatic carbocycles. The molecular formula is C17H15N9O2. The summed E-state index contributed by atoms with van der Waals surface area (Å²) >= 11 is 0. The summed E-state index contributed by atoms with van der Waals surface area (Å²) in [6, 6.07) is 11.5. The van der Waals surface area contributed by atoms with E-state index in [-0.39, 0.29) is 11.6 Å². The van der Waals surface area contributed by atoms with Gasteiger partial charge in [0.15, 0.2) is 0 Å². The average Bonchev–Trinajstić information content (AvgIpc) is 3.10. The van der Waals surface area contributed by atoms with Crippen molar-refractivity contribution >= 4 is 23.5 Å². The molecule has 140 valence electrons. The van der Waals surface area contributed by atoms with Crippen molar-refractivity contribution < 1.29 is 4.92 Å². The van der Waals surface area contributed by atoms with Crippen LogP contribution < -0.4 is 11.2 Å². The van der Waals surface area contributed by atoms with Gasteiger partial charge in [0.2, 0.25) is 11.6 Å². The van der Waals surface area contributed by atoms with Crippen molar-refractivity contribution in [3.63, 3.8) is 0 Å². The standard InChI is InChI=1S/C17H15N9O2/c18-7-4-8-25-10-13(14(24-25)12-5-2-1-3-6-12)9-22-23-17-15(26(27)28)16(19)20-11-21-17/h1-3,5-6,9-11H,4,8H2,(H3,19,20,21,23). The van der Waals surface area contributed by atoms with Gasteiger partial charge in [-0.25, -0.2) is 9.97 Å². The van der Waals surface area contributed by atoms with E-state index in [1.807, 2.05) is 30.3 Å². The molecule has 3 aromatic rings. The van der Waals surface area contributed by atoms with Gasteiger partial charge in [0, 0.05) is 17.3 Å². The number of anilines is 2. The summed E-state index contributed by atoms with van der Waals surface area (Å²) < 4.78 is 1.65. The van der Waals surface area contributed by atoms with Gasteiger partial charge in [0.25, 0.3) is 0 Å². The minimum absolute atomic E-state index is 0.119. The van der Waals surface area contributed by atoms with Crippen molar-refractivity contribution in [1.82, 2.24) is 19.7 Å². The van der Waals surface area contributed by atoms with Crippen LogP contribution in [0.4, 0.5) is 17.3 Å². The Morgan fingerprint density at radius 2 is 2.14 bits per heavy atom. The fourth-order valence-electron chi connectivity index (χ4n) is 2.45. The number of benzene rings is 1. The zero-order valence-electron chi connectivity index (χ0n) is 14.6. The average molecular weight is 377 g/mol. The SMILES string of the molecule is N#CCCn1cc(C=NNc2ncnc(N)c2[N+](=O)[O-])c(-c2ccccc2)n1. The third-order valence-electron chi connectivity index (χ3n) is 3.70. The second-order valence-electron chi connectivity index (χ2n) is 5.55. The second kappa shape index (κ2) is 8.37. The number of aromatic nitrogens is 4. The summed E-state index contributed by atoms with van der Waals surface area (Å²) in [4.78, 5) is 17.9. The predicted molar refractivity (Wildman–Crippen MR) is 102 cm³/mol. The van der Waals surface area contributed by atoms with Crippen LogP contribution in [0.15, 0.2) is 48.0 Å². The summed E-state index contributed by atoms with van der Waals surface area (Å²) in [5.74, 6) is -0.376. The zero-order valence-corrected chi connectivity index (χ0v) is 14.6. The van der Waals surface area contributed by atoms with Gasteiger partial charge in [-0.2, -0.15) is 15.5 Å². The van der Waals surface area contributed by atoms with Gasteiger partial charge in [-0.1, -0.05) is 30.3 Å². The third-order valence-corrected chi connectivity index (χ3v) is 3.70. The van der Waals surface area contributed by atoms with E-state index in [4.69, 9.17) is 11.0 Å². The highest BCUT2D eigenvalue weighted by molar-refractivity contribution is 5.89. The van der Waals surface area contributed by atoms with Crippen LogP contribution in [0.1, 0.15) is 12.0 Å². The molecule has 28 heavy (non-hydrogen) atoms. The first-order valence-corrected chi connectivity index (χ1v) is 8.14. The van der Waals surface area contributed by atoms with Crippen LogP contribution in [0.2, 0.25) is 0 Å². The molecular weight excluding hydrogens is 362 g/mol. The first kappa shape index (κ1) is 18.5. The normalized spacial score (nSPS) is 10.7. The Hall–Kier alpha value is -4.33. The number of rotatable bonds is 7. The van der Waals surface area contributed by atoms with E-state index >= 15 is 0 Å². The lowest BCUT2D eigenvalue weighted by Gasteiger charge is -2.02. The van der Waals surface area contributed by atoms with Crippen molar-refractivity contribution in [3.05, 3.63) is 58.5 Å². The van der Waals surface area contributed by atoms with E-state index in [1.54, 1.807) is 10.9 Å². The van der Waals surface area contributed by atoms with Crippen LogP contribution in [0.3, 0.4) is 0 Å². The molecule has 0 amide bonds. The smallest absolute Gasteiger partial charge is 0.354 e. The largest absolute Gasteiger partial charge is 0.378 e. The van der Waals surface area contributed by atoms with Crippen LogP contribution in [-0.4, -0.2) is 30.9 Å². The Labute approximate surface area is 159 Å². The van der Waals surface area contributed by atoms with Gasteiger partial charge in [-0.15, -0.1) is 0 Å². The quantitative estimate of drug-likeness (QED) is 0.360. The van der Waals surface area contributed by atoms with Crippen molar-refractivity contribution in [2.24, 2.45) is 5.10 Å². The molecule has 2 aromatic heterocycles. The molecule has 0 atom stereocenters. The van der Waals surface area contributed by atoms with Gasteiger partial charge in [0.1, 0.15) is 12.0 Å². The van der Waals surface area contributed by atoms with Gasteiger partial charge >= 0.3 is 5.69 Å². The molecule has 2 heterocycles. The third kappa shape index (κ3) is 4.07. The number of nitrogens with one attached hydrogen (secondary N) is 1. The van der Waals surface area contributed by atoms with Gasteiger partial charge < -0.3 is 5.73 Å². The van der Waals surface area contributed by atoms with Crippen molar-refractivity contribution in [1.29, 1.82) is 5.26 Å². The molecule has 0 fully saturated rings. The molecule has 0 saturated carbocycles. The summed E-state index contributed by atoms with van der Waals surface area (Å²) in [7, 11) is 0. The molecule has 11 heteroatoms. The maximum absolute atomic E-state index is 11.1. The van der Waals surface area contributed by atoms with Crippen molar-refractivity contribution in [3.8, 4) is 17.3 Å². The minimum atomic E-state index is -0.678. The maximum Gasteiger partial charge on any atom is 0.354 e. The molecule has 3 rings (SSSR count). The topological polar surface area (TPSA) is 161 Å². The highest BCUT2D eigenvalue weighted by Crippen LogP contribution is 2.26. The monoisotopic (exact) mass is 377 g/mol. The molecule has 0 bridgehead atoms. The number of nitriles is 1. The molecule has 0 saturated heterocycles. The number of aryl methyl sites for hydroxylation is 1. The van der Waals surface area contributed by atoms with E-state index < -0.39 is 10.6 Å². The van der Waals surface area contributed by atoms with E-state index in [2.05, 4.69) is 31.7 Å². The first-order chi connectivity index (χ1) is 13.6. The minimum Gasteiger partial charge on any atom is -0.378 e. The Morgan fingerprint density at radius 1 is 1.36 bits per heavy atom. The van der Waals surface area contributed by atoms with Crippen LogP contribution >= 0.6 is 0 Å². The van der Waals surface area contributed by atoms with Crippen molar-refractivity contribution in [2.45, 2.75) is 13.0 Å². The van der Waals surface area contributed by atoms with E-state index in [0.717, 1.165) is 11.9 Å². The van der Waals surface area contributed by atoms with E-state index in [1.165, 1.54) is 6.21 Å². The number of nitrogens with zero attached hydrogens (tertiary/aromatic N) is 7. The lowest BCUT2D eigenvalue weighted by atomic mass is 10.1. The van der Waals surface area contributed by atoms with Crippen LogP contribution in [0.25, 0.3) is 11.3 Å². The molecule has 0 aliphatic carbocycles. The highest BCUT2D eigenvalue weighted by Gasteiger charge is 2.20. The molecule has 0 aliphatic heterocycles. The Balaban J connectivity index is 1.90. The number of hydrogen-bond donors (Lipinski definition) is 2. The van der Waals surface area contributed by atoms with Crippen LogP contribution in [0, 0.1) is 21.4 Å². The molecule has 0 aliphatic rings. The van der Waals surface area contributed by atoms with Crippen LogP contribution in [0.5, 0.6) is 0 Å². The molecule has 0 unspecified atom stereocenters. The summed E-state index contributed by atoms with van der Waals surface area (Å²) in [5, 5.41) is 28.4. The molecule has 11 nitrogen and oxygen atoms in total. The Morgan fingerprint density at radius 3 is 2.86 bits per heavy atom. The number of hydrazone groups is 1. The molecule has 3 N–H and O–H groups in total. The summed E-state index contributed by atoms with van der Waals surface area (Å²) in [6.07, 6.45) is 4.64. The second-order valence-corrected chi connectivity index (χ2v) is 5.55. The lowest BCUT2D eigenvalue weighted by molar-refractivity contribution is -0.383. The van der Waals surface area contributed by atoms with E-state index in [0.29, 0.717) is 24.2 Å². The fourth-order valence-corrected chi connectivity index (χ4v) is 2.45. The Bertz CT molecular complexity index is 1050. The number of nitrogen functional groups attached to an aromatic ring is 1. The van der Waals surface area contributed by atoms with Crippen LogP contribution in [-0.2, 0) is 6.54 Å².